The number of nitrogens with two attached hydrogens (primary N) is 1. The first-order valence-corrected chi connectivity index (χ1v) is 7.11. The van der Waals surface area contributed by atoms with Gasteiger partial charge >= 0.3 is 0 Å². The van der Waals surface area contributed by atoms with Crippen LogP contribution >= 0.6 is 0 Å². The number of hydrogen-bond acceptors (Lipinski definition) is 4. The average molecular weight is 245 g/mol. The number of sulfonamides is 1. The van der Waals surface area contributed by atoms with Crippen LogP contribution in [0.25, 0.3) is 0 Å². The van der Waals surface area contributed by atoms with Crippen molar-refractivity contribution in [3.63, 3.8) is 0 Å². The summed E-state index contributed by atoms with van der Waals surface area (Å²) in [6, 6.07) is 0. The fourth-order valence-electron chi connectivity index (χ4n) is 0.819. The highest BCUT2D eigenvalue weighted by Crippen LogP contribution is 2.01. The van der Waals surface area contributed by atoms with E-state index in [-0.39, 0.29) is 6.54 Å². The van der Waals surface area contributed by atoms with E-state index in [1.54, 1.807) is 0 Å². The zero-order valence-electron chi connectivity index (χ0n) is 8.23. The molecule has 0 aliphatic carbocycles. The van der Waals surface area contributed by atoms with E-state index in [0.717, 1.165) is 6.26 Å². The number of nitrogens with one attached hydrogen (secondary N) is 2. The molecule has 0 aliphatic rings. The second-order valence-electron chi connectivity index (χ2n) is 3.62. The van der Waals surface area contributed by atoms with E-state index in [1.807, 2.05) is 4.72 Å². The van der Waals surface area contributed by atoms with Crippen LogP contribution in [0, 0.1) is 0 Å². The largest absolute Gasteiger partial charge is 0.274 e. The molecule has 0 atom stereocenters. The quantitative estimate of drug-likeness (QED) is 0.524. The molecular formula is C5H15N3O4S2. The minimum Gasteiger partial charge on any atom is -0.216 e. The van der Waals surface area contributed by atoms with Crippen LogP contribution in [0.2, 0.25) is 0 Å². The van der Waals surface area contributed by atoms with Crippen molar-refractivity contribution in [2.45, 2.75) is 19.4 Å². The van der Waals surface area contributed by atoms with Crippen molar-refractivity contribution >= 4 is 20.2 Å². The van der Waals surface area contributed by atoms with E-state index in [0.29, 0.717) is 0 Å². The first-order valence-electron chi connectivity index (χ1n) is 3.68. The van der Waals surface area contributed by atoms with Gasteiger partial charge in [-0.05, 0) is 13.8 Å². The van der Waals surface area contributed by atoms with E-state index in [1.165, 1.54) is 13.8 Å². The first-order chi connectivity index (χ1) is 5.91. The van der Waals surface area contributed by atoms with E-state index >= 15 is 0 Å². The van der Waals surface area contributed by atoms with Gasteiger partial charge in [0.15, 0.2) is 0 Å². The monoisotopic (exact) mass is 245 g/mol. The highest BCUT2D eigenvalue weighted by Gasteiger charge is 2.23. The van der Waals surface area contributed by atoms with E-state index < -0.39 is 25.8 Å². The van der Waals surface area contributed by atoms with Gasteiger partial charge in [0.05, 0.1) is 6.26 Å². The van der Waals surface area contributed by atoms with Crippen molar-refractivity contribution < 1.29 is 16.8 Å². The molecule has 0 bridgehead atoms. The third kappa shape index (κ3) is 8.38. The summed E-state index contributed by atoms with van der Waals surface area (Å²) in [7, 11) is -7.17. The van der Waals surface area contributed by atoms with Crippen LogP contribution in [0.5, 0.6) is 0 Å². The van der Waals surface area contributed by atoms with Crippen LogP contribution in [-0.4, -0.2) is 35.2 Å². The summed E-state index contributed by atoms with van der Waals surface area (Å²) in [5.41, 5.74) is -0.917. The Labute approximate surface area is 84.3 Å². The van der Waals surface area contributed by atoms with Gasteiger partial charge in [-0.1, -0.05) is 0 Å². The summed E-state index contributed by atoms with van der Waals surface area (Å²) in [5.74, 6) is 0. The van der Waals surface area contributed by atoms with Crippen molar-refractivity contribution in [3.05, 3.63) is 0 Å². The maximum atomic E-state index is 10.9. The minimum absolute atomic E-state index is 0.112. The molecule has 0 unspecified atom stereocenters. The molecule has 0 fully saturated rings. The minimum atomic E-state index is -3.80. The third-order valence-electron chi connectivity index (χ3n) is 1.18. The van der Waals surface area contributed by atoms with Gasteiger partial charge < -0.3 is 0 Å². The van der Waals surface area contributed by atoms with Crippen molar-refractivity contribution in [1.82, 2.24) is 9.44 Å². The van der Waals surface area contributed by atoms with Gasteiger partial charge in [-0.15, -0.1) is 0 Å². The molecule has 0 spiro atoms. The van der Waals surface area contributed by atoms with Gasteiger partial charge in [-0.25, -0.2) is 23.0 Å². The Hall–Kier alpha value is -0.220. The maximum absolute atomic E-state index is 10.9. The zero-order valence-corrected chi connectivity index (χ0v) is 9.87. The van der Waals surface area contributed by atoms with Crippen LogP contribution in [-0.2, 0) is 20.2 Å². The van der Waals surface area contributed by atoms with E-state index in [4.69, 9.17) is 5.14 Å². The molecule has 14 heavy (non-hydrogen) atoms. The molecule has 0 amide bonds. The lowest BCUT2D eigenvalue weighted by molar-refractivity contribution is 0.446. The lowest BCUT2D eigenvalue weighted by Gasteiger charge is -2.24. The van der Waals surface area contributed by atoms with Crippen LogP contribution < -0.4 is 14.6 Å². The predicted octanol–water partition coefficient (Wildman–Crippen LogP) is -1.89. The van der Waals surface area contributed by atoms with E-state index in [2.05, 4.69) is 4.72 Å². The van der Waals surface area contributed by atoms with Gasteiger partial charge in [-0.2, -0.15) is 8.42 Å². The van der Waals surface area contributed by atoms with Crippen LogP contribution in [0.3, 0.4) is 0 Å². The predicted molar refractivity (Wildman–Crippen MR) is 53.2 cm³/mol. The van der Waals surface area contributed by atoms with Gasteiger partial charge in [0.25, 0.3) is 10.2 Å². The van der Waals surface area contributed by atoms with Crippen LogP contribution in [0.4, 0.5) is 0 Å². The van der Waals surface area contributed by atoms with Gasteiger partial charge in [0, 0.05) is 12.1 Å². The molecule has 0 saturated carbocycles. The zero-order chi connectivity index (χ0) is 11.6. The summed E-state index contributed by atoms with van der Waals surface area (Å²) < 4.78 is 47.0. The Morgan fingerprint density at radius 1 is 1.21 bits per heavy atom. The fourth-order valence-corrected chi connectivity index (χ4v) is 2.46. The summed E-state index contributed by atoms with van der Waals surface area (Å²) in [6.45, 7) is 2.96. The first kappa shape index (κ1) is 13.8. The Morgan fingerprint density at radius 2 is 1.64 bits per heavy atom. The number of rotatable bonds is 5. The van der Waals surface area contributed by atoms with Crippen LogP contribution in [0.1, 0.15) is 13.8 Å². The van der Waals surface area contributed by atoms with Gasteiger partial charge in [0.2, 0.25) is 10.0 Å². The van der Waals surface area contributed by atoms with Gasteiger partial charge in [0.1, 0.15) is 0 Å². The number of hydrogen-bond donors (Lipinski definition) is 3. The molecular weight excluding hydrogens is 230 g/mol. The molecule has 86 valence electrons. The summed E-state index contributed by atoms with van der Waals surface area (Å²) in [4.78, 5) is 0. The SMILES string of the molecule is CC(C)(CNS(N)(=O)=O)NS(C)(=O)=O. The Balaban J connectivity index is 4.37. The molecule has 0 rings (SSSR count). The third-order valence-corrected chi connectivity index (χ3v) is 2.65. The maximum Gasteiger partial charge on any atom is 0.274 e. The molecule has 7 nitrogen and oxygen atoms in total. The summed E-state index contributed by atoms with van der Waals surface area (Å²) in [5, 5.41) is 4.69. The molecule has 0 aromatic carbocycles. The van der Waals surface area contributed by atoms with Crippen molar-refractivity contribution in [2.75, 3.05) is 12.8 Å². The topological polar surface area (TPSA) is 118 Å². The van der Waals surface area contributed by atoms with Crippen molar-refractivity contribution in [2.24, 2.45) is 5.14 Å². The molecule has 9 heteroatoms. The Morgan fingerprint density at radius 3 is 1.93 bits per heavy atom. The van der Waals surface area contributed by atoms with Crippen molar-refractivity contribution in [1.29, 1.82) is 0 Å². The molecule has 0 heterocycles. The van der Waals surface area contributed by atoms with Gasteiger partial charge in [-0.3, -0.25) is 0 Å². The Kier molecular flexibility index (Phi) is 4.04. The fraction of sp³-hybridized carbons (Fsp3) is 1.00. The second kappa shape index (κ2) is 4.11. The molecule has 0 aliphatic heterocycles. The lowest BCUT2D eigenvalue weighted by Crippen LogP contribution is -2.51. The molecule has 4 N–H and O–H groups in total. The Bertz CT molecular complexity index is 383. The highest BCUT2D eigenvalue weighted by molar-refractivity contribution is 7.88. The lowest BCUT2D eigenvalue weighted by atomic mass is 10.1. The average Bonchev–Trinajstić information content (AvgIpc) is 1.76. The summed E-state index contributed by atoms with van der Waals surface area (Å²) in [6.07, 6.45) is 0.992. The summed E-state index contributed by atoms with van der Waals surface area (Å²) >= 11 is 0. The molecule has 0 aromatic rings. The second-order valence-corrected chi connectivity index (χ2v) is 6.75. The standard InChI is InChI=1S/C5H15N3O4S2/c1-5(2,8-13(3,9)10)4-7-14(6,11)12/h7-8H,4H2,1-3H3,(H2,6,11,12). The highest BCUT2D eigenvalue weighted by atomic mass is 32.2. The van der Waals surface area contributed by atoms with Crippen LogP contribution in [0.15, 0.2) is 0 Å². The normalized spacial score (nSPS) is 14.3. The smallest absolute Gasteiger partial charge is 0.216 e. The molecule has 0 aromatic heterocycles. The molecule has 0 radical (unpaired) electrons. The molecule has 0 saturated heterocycles. The van der Waals surface area contributed by atoms with Crippen molar-refractivity contribution in [3.8, 4) is 0 Å². The van der Waals surface area contributed by atoms with E-state index in [9.17, 15) is 16.8 Å².